The second kappa shape index (κ2) is 7.01. The van der Waals surface area contributed by atoms with Gasteiger partial charge >= 0.3 is 5.97 Å². The van der Waals surface area contributed by atoms with Crippen LogP contribution in [0, 0.1) is 0 Å². The lowest BCUT2D eigenvalue weighted by Crippen LogP contribution is -2.08. The summed E-state index contributed by atoms with van der Waals surface area (Å²) in [4.78, 5) is 12.9. The van der Waals surface area contributed by atoms with Gasteiger partial charge in [0.05, 0.1) is 7.11 Å². The molecule has 0 saturated heterocycles. The molecular weight excluding hydrogens is 290 g/mol. The van der Waals surface area contributed by atoms with Gasteiger partial charge in [0.25, 0.3) is 0 Å². The number of rotatable bonds is 5. The standard InChI is InChI=1S/C19H21NO3/c1-13(10-19(21)22)14-8-9-18(23-4)17(12-14)15-6-5-7-16(11-15)20(2)3/h5-12H,1-4H3,(H,21,22)/b13-10+. The fraction of sp³-hybridized carbons (Fsp3) is 0.211. The van der Waals surface area contributed by atoms with Gasteiger partial charge in [-0.05, 0) is 47.9 Å². The maximum Gasteiger partial charge on any atom is 0.328 e. The molecule has 0 amide bonds. The third-order valence-corrected chi connectivity index (χ3v) is 3.67. The molecule has 0 spiro atoms. The van der Waals surface area contributed by atoms with Crippen LogP contribution in [-0.4, -0.2) is 32.3 Å². The first-order valence-corrected chi connectivity index (χ1v) is 7.29. The van der Waals surface area contributed by atoms with E-state index in [-0.39, 0.29) is 0 Å². The summed E-state index contributed by atoms with van der Waals surface area (Å²) in [5.41, 5.74) is 4.61. The Kier molecular flexibility index (Phi) is 5.06. The van der Waals surface area contributed by atoms with E-state index in [1.807, 2.05) is 55.4 Å². The van der Waals surface area contributed by atoms with Crippen molar-refractivity contribution in [3.63, 3.8) is 0 Å². The number of allylic oxidation sites excluding steroid dienone is 1. The van der Waals surface area contributed by atoms with Gasteiger partial charge in [-0.15, -0.1) is 0 Å². The van der Waals surface area contributed by atoms with Crippen LogP contribution in [0.15, 0.2) is 48.5 Å². The summed E-state index contributed by atoms with van der Waals surface area (Å²) in [6.45, 7) is 1.79. The topological polar surface area (TPSA) is 49.8 Å². The van der Waals surface area contributed by atoms with Crippen molar-refractivity contribution in [1.82, 2.24) is 0 Å². The fourth-order valence-corrected chi connectivity index (χ4v) is 2.40. The van der Waals surface area contributed by atoms with E-state index in [1.165, 1.54) is 6.08 Å². The molecular formula is C19H21NO3. The Balaban J connectivity index is 2.56. The molecule has 0 bridgehead atoms. The van der Waals surface area contributed by atoms with Gasteiger partial charge in [-0.25, -0.2) is 4.79 Å². The van der Waals surface area contributed by atoms with Crippen LogP contribution in [0.4, 0.5) is 5.69 Å². The third-order valence-electron chi connectivity index (χ3n) is 3.67. The fourth-order valence-electron chi connectivity index (χ4n) is 2.40. The number of aliphatic carboxylic acids is 1. The van der Waals surface area contributed by atoms with E-state index in [0.29, 0.717) is 5.57 Å². The van der Waals surface area contributed by atoms with Crippen LogP contribution in [-0.2, 0) is 4.79 Å². The van der Waals surface area contributed by atoms with Crippen LogP contribution < -0.4 is 9.64 Å². The summed E-state index contributed by atoms with van der Waals surface area (Å²) < 4.78 is 5.47. The minimum absolute atomic E-state index is 0.699. The zero-order valence-corrected chi connectivity index (χ0v) is 13.8. The Labute approximate surface area is 136 Å². The van der Waals surface area contributed by atoms with E-state index in [1.54, 1.807) is 14.0 Å². The van der Waals surface area contributed by atoms with Gasteiger partial charge in [-0.2, -0.15) is 0 Å². The minimum atomic E-state index is -0.950. The van der Waals surface area contributed by atoms with E-state index in [9.17, 15) is 4.79 Å². The number of carboxylic acid groups (broad SMARTS) is 1. The molecule has 0 aromatic heterocycles. The molecule has 4 nitrogen and oxygen atoms in total. The number of carboxylic acids is 1. The SMILES string of the molecule is COc1ccc(/C(C)=C/C(=O)O)cc1-c1cccc(N(C)C)c1. The Morgan fingerprint density at radius 1 is 1.17 bits per heavy atom. The maximum absolute atomic E-state index is 10.9. The quantitative estimate of drug-likeness (QED) is 0.850. The number of ether oxygens (including phenoxy) is 1. The normalized spacial score (nSPS) is 11.2. The molecule has 23 heavy (non-hydrogen) atoms. The first-order valence-electron chi connectivity index (χ1n) is 7.29. The highest BCUT2D eigenvalue weighted by Gasteiger charge is 2.10. The van der Waals surface area contributed by atoms with Crippen molar-refractivity contribution in [3.05, 3.63) is 54.1 Å². The van der Waals surface area contributed by atoms with E-state index in [2.05, 4.69) is 6.07 Å². The van der Waals surface area contributed by atoms with Crippen LogP contribution in [0.25, 0.3) is 16.7 Å². The lowest BCUT2D eigenvalue weighted by atomic mass is 9.98. The first kappa shape index (κ1) is 16.6. The number of carbonyl (C=O) groups is 1. The molecule has 0 saturated carbocycles. The molecule has 120 valence electrons. The van der Waals surface area contributed by atoms with Gasteiger partial charge < -0.3 is 14.7 Å². The highest BCUT2D eigenvalue weighted by atomic mass is 16.5. The Morgan fingerprint density at radius 3 is 2.52 bits per heavy atom. The summed E-state index contributed by atoms with van der Waals surface area (Å²) in [5, 5.41) is 8.92. The lowest BCUT2D eigenvalue weighted by Gasteiger charge is -2.16. The Hall–Kier alpha value is -2.75. The third kappa shape index (κ3) is 3.92. The van der Waals surface area contributed by atoms with Crippen molar-refractivity contribution in [2.75, 3.05) is 26.1 Å². The second-order valence-electron chi connectivity index (χ2n) is 5.53. The molecule has 0 radical (unpaired) electrons. The number of hydrogen-bond donors (Lipinski definition) is 1. The predicted octanol–water partition coefficient (Wildman–Crippen LogP) is 3.92. The number of methoxy groups -OCH3 is 1. The monoisotopic (exact) mass is 311 g/mol. The molecule has 4 heteroatoms. The average Bonchev–Trinajstić information content (AvgIpc) is 2.53. The van der Waals surface area contributed by atoms with Gasteiger partial charge in [-0.1, -0.05) is 18.2 Å². The van der Waals surface area contributed by atoms with Crippen molar-refractivity contribution in [2.45, 2.75) is 6.92 Å². The van der Waals surface area contributed by atoms with E-state index >= 15 is 0 Å². The van der Waals surface area contributed by atoms with Crippen LogP contribution in [0.1, 0.15) is 12.5 Å². The maximum atomic E-state index is 10.9. The summed E-state index contributed by atoms with van der Waals surface area (Å²) >= 11 is 0. The summed E-state index contributed by atoms with van der Waals surface area (Å²) in [6, 6.07) is 13.8. The van der Waals surface area contributed by atoms with Crippen LogP contribution in [0.3, 0.4) is 0 Å². The van der Waals surface area contributed by atoms with Crippen molar-refractivity contribution in [3.8, 4) is 16.9 Å². The van der Waals surface area contributed by atoms with E-state index in [4.69, 9.17) is 9.84 Å². The van der Waals surface area contributed by atoms with Gasteiger partial charge in [0.15, 0.2) is 0 Å². The molecule has 0 aliphatic carbocycles. The van der Waals surface area contributed by atoms with Crippen LogP contribution in [0.5, 0.6) is 5.75 Å². The van der Waals surface area contributed by atoms with Crippen LogP contribution >= 0.6 is 0 Å². The molecule has 0 atom stereocenters. The highest BCUT2D eigenvalue weighted by molar-refractivity contribution is 5.90. The Morgan fingerprint density at radius 2 is 1.91 bits per heavy atom. The molecule has 2 aromatic carbocycles. The molecule has 2 rings (SSSR count). The summed E-state index contributed by atoms with van der Waals surface area (Å²) in [6.07, 6.45) is 1.21. The van der Waals surface area contributed by atoms with E-state index in [0.717, 1.165) is 28.1 Å². The smallest absolute Gasteiger partial charge is 0.328 e. The predicted molar refractivity (Wildman–Crippen MR) is 94.0 cm³/mol. The zero-order valence-electron chi connectivity index (χ0n) is 13.8. The average molecular weight is 311 g/mol. The molecule has 0 aliphatic rings. The molecule has 0 heterocycles. The zero-order chi connectivity index (χ0) is 17.0. The Bertz CT molecular complexity index is 748. The number of nitrogens with zero attached hydrogens (tertiary/aromatic N) is 1. The highest BCUT2D eigenvalue weighted by Crippen LogP contribution is 2.34. The van der Waals surface area contributed by atoms with Gasteiger partial charge in [0.2, 0.25) is 0 Å². The molecule has 0 unspecified atom stereocenters. The molecule has 0 aliphatic heterocycles. The lowest BCUT2D eigenvalue weighted by molar-refractivity contribution is -0.131. The number of anilines is 1. The number of hydrogen-bond acceptors (Lipinski definition) is 3. The summed E-state index contributed by atoms with van der Waals surface area (Å²) in [5.74, 6) is -0.192. The molecule has 0 fully saturated rings. The van der Waals surface area contributed by atoms with Gasteiger partial charge in [0.1, 0.15) is 5.75 Å². The molecule has 1 N–H and O–H groups in total. The summed E-state index contributed by atoms with van der Waals surface area (Å²) in [7, 11) is 5.62. The van der Waals surface area contributed by atoms with Gasteiger partial charge in [-0.3, -0.25) is 0 Å². The second-order valence-corrected chi connectivity index (χ2v) is 5.53. The van der Waals surface area contributed by atoms with Crippen molar-refractivity contribution in [1.29, 1.82) is 0 Å². The number of benzene rings is 2. The van der Waals surface area contributed by atoms with Crippen molar-refractivity contribution in [2.24, 2.45) is 0 Å². The van der Waals surface area contributed by atoms with Crippen molar-refractivity contribution < 1.29 is 14.6 Å². The molecule has 2 aromatic rings. The van der Waals surface area contributed by atoms with E-state index < -0.39 is 5.97 Å². The van der Waals surface area contributed by atoms with Crippen LogP contribution in [0.2, 0.25) is 0 Å². The minimum Gasteiger partial charge on any atom is -0.496 e. The van der Waals surface area contributed by atoms with Gasteiger partial charge in [0, 0.05) is 31.4 Å². The first-order chi connectivity index (χ1) is 10.9. The van der Waals surface area contributed by atoms with Crippen molar-refractivity contribution >= 4 is 17.2 Å². The largest absolute Gasteiger partial charge is 0.496 e.